The highest BCUT2D eigenvalue weighted by molar-refractivity contribution is 5.30. The lowest BCUT2D eigenvalue weighted by Gasteiger charge is -2.26. The summed E-state index contributed by atoms with van der Waals surface area (Å²) >= 11 is 0. The van der Waals surface area contributed by atoms with Gasteiger partial charge in [-0.3, -0.25) is 9.47 Å². The zero-order valence-electron chi connectivity index (χ0n) is 12.4. The molecule has 4 heteroatoms. The molecule has 0 atom stereocenters. The van der Waals surface area contributed by atoms with Crippen molar-refractivity contribution in [2.45, 2.75) is 19.5 Å². The van der Waals surface area contributed by atoms with E-state index in [-0.39, 0.29) is 0 Å². The van der Waals surface area contributed by atoms with Gasteiger partial charge in [-0.1, -0.05) is 36.4 Å². The molecule has 0 amide bonds. The van der Waals surface area contributed by atoms with E-state index in [4.69, 9.17) is 0 Å². The van der Waals surface area contributed by atoms with Crippen LogP contribution in [0.3, 0.4) is 0 Å². The van der Waals surface area contributed by atoms with Crippen molar-refractivity contribution in [3.63, 3.8) is 0 Å². The van der Waals surface area contributed by atoms with Gasteiger partial charge in [-0.25, -0.2) is 9.97 Å². The van der Waals surface area contributed by atoms with Crippen LogP contribution in [0.2, 0.25) is 0 Å². The van der Waals surface area contributed by atoms with Gasteiger partial charge in [-0.2, -0.15) is 0 Å². The molecule has 0 saturated carbocycles. The fourth-order valence-corrected chi connectivity index (χ4v) is 3.03. The van der Waals surface area contributed by atoms with Crippen molar-refractivity contribution in [2.24, 2.45) is 0 Å². The number of benzene rings is 1. The molecule has 22 heavy (non-hydrogen) atoms. The number of nitrogens with zero attached hydrogens (tertiary/aromatic N) is 4. The molecule has 0 fully saturated rings. The lowest BCUT2D eigenvalue weighted by atomic mass is 10.1. The number of hydrogen-bond donors (Lipinski definition) is 0. The Bertz CT molecular complexity index is 749. The molecule has 4 rings (SSSR count). The molecule has 0 spiro atoms. The van der Waals surface area contributed by atoms with E-state index in [1.807, 2.05) is 30.7 Å². The number of pyridine rings is 1. The van der Waals surface area contributed by atoms with Gasteiger partial charge in [-0.15, -0.1) is 0 Å². The van der Waals surface area contributed by atoms with Crippen molar-refractivity contribution < 1.29 is 0 Å². The quantitative estimate of drug-likeness (QED) is 0.744. The van der Waals surface area contributed by atoms with Crippen LogP contribution in [0.1, 0.15) is 17.0 Å². The predicted molar refractivity (Wildman–Crippen MR) is 85.6 cm³/mol. The lowest BCUT2D eigenvalue weighted by Crippen LogP contribution is -2.30. The zero-order valence-corrected chi connectivity index (χ0v) is 12.4. The molecular formula is C18H18N4. The minimum Gasteiger partial charge on any atom is -0.293 e. The Morgan fingerprint density at radius 2 is 1.82 bits per heavy atom. The molecule has 0 saturated heterocycles. The highest BCUT2D eigenvalue weighted by atomic mass is 15.2. The van der Waals surface area contributed by atoms with E-state index in [0.717, 1.165) is 31.9 Å². The third-order valence-corrected chi connectivity index (χ3v) is 4.14. The summed E-state index contributed by atoms with van der Waals surface area (Å²) in [6, 6.07) is 16.6. The Labute approximate surface area is 130 Å². The molecule has 3 heterocycles. The van der Waals surface area contributed by atoms with Crippen LogP contribution < -0.4 is 0 Å². The van der Waals surface area contributed by atoms with E-state index >= 15 is 0 Å². The molecule has 1 aliphatic heterocycles. The highest BCUT2D eigenvalue weighted by Gasteiger charge is 2.21. The zero-order chi connectivity index (χ0) is 14.8. The van der Waals surface area contributed by atoms with Gasteiger partial charge < -0.3 is 0 Å². The topological polar surface area (TPSA) is 34.0 Å². The monoisotopic (exact) mass is 290 g/mol. The summed E-state index contributed by atoms with van der Waals surface area (Å²) in [5.41, 5.74) is 3.82. The second-order valence-electron chi connectivity index (χ2n) is 5.64. The second kappa shape index (κ2) is 5.73. The highest BCUT2D eigenvalue weighted by Crippen LogP contribution is 2.21. The van der Waals surface area contributed by atoms with Crippen LogP contribution in [0.4, 0.5) is 0 Å². The summed E-state index contributed by atoms with van der Waals surface area (Å²) in [7, 11) is 0. The SMILES string of the molecule is c1ccc(CN2CCc3c(ncn3-c3ccccn3)C2)cc1. The van der Waals surface area contributed by atoms with Crippen molar-refractivity contribution in [1.29, 1.82) is 0 Å². The van der Waals surface area contributed by atoms with Gasteiger partial charge in [0.15, 0.2) is 0 Å². The van der Waals surface area contributed by atoms with Gasteiger partial charge in [0.2, 0.25) is 0 Å². The third kappa shape index (κ3) is 2.53. The molecule has 1 aliphatic rings. The fraction of sp³-hybridized carbons (Fsp3) is 0.222. The standard InChI is InChI=1S/C18H18N4/c1-2-6-15(7-3-1)12-21-11-9-17-16(13-21)20-14-22(17)18-8-4-5-10-19-18/h1-8,10,14H,9,11-13H2. The Balaban J connectivity index is 1.54. The maximum Gasteiger partial charge on any atom is 0.138 e. The van der Waals surface area contributed by atoms with Crippen molar-refractivity contribution in [3.05, 3.63) is 78.0 Å². The van der Waals surface area contributed by atoms with Crippen LogP contribution in [0.15, 0.2) is 61.1 Å². The van der Waals surface area contributed by atoms with E-state index in [1.165, 1.54) is 17.0 Å². The molecule has 110 valence electrons. The Morgan fingerprint density at radius 3 is 2.64 bits per heavy atom. The largest absolute Gasteiger partial charge is 0.293 e. The van der Waals surface area contributed by atoms with Crippen LogP contribution in [0.25, 0.3) is 5.82 Å². The third-order valence-electron chi connectivity index (χ3n) is 4.14. The molecule has 0 N–H and O–H groups in total. The number of imidazole rings is 1. The average molecular weight is 290 g/mol. The molecule has 0 unspecified atom stereocenters. The van der Waals surface area contributed by atoms with Gasteiger partial charge in [0.05, 0.1) is 5.69 Å². The smallest absolute Gasteiger partial charge is 0.138 e. The molecule has 1 aromatic carbocycles. The lowest BCUT2D eigenvalue weighted by molar-refractivity contribution is 0.240. The van der Waals surface area contributed by atoms with Gasteiger partial charge in [-0.05, 0) is 17.7 Å². The Morgan fingerprint density at radius 1 is 0.955 bits per heavy atom. The molecule has 0 bridgehead atoms. The molecule has 0 aliphatic carbocycles. The first-order chi connectivity index (χ1) is 10.9. The average Bonchev–Trinajstić information content (AvgIpc) is 3.00. The summed E-state index contributed by atoms with van der Waals surface area (Å²) in [6.07, 6.45) is 4.74. The molecule has 0 radical (unpaired) electrons. The minimum absolute atomic E-state index is 0.907. The normalized spacial score (nSPS) is 14.7. The summed E-state index contributed by atoms with van der Waals surface area (Å²) in [5.74, 6) is 0.952. The molecule has 4 nitrogen and oxygen atoms in total. The van der Waals surface area contributed by atoms with Crippen LogP contribution in [0, 0.1) is 0 Å². The van der Waals surface area contributed by atoms with Crippen molar-refractivity contribution in [1.82, 2.24) is 19.4 Å². The summed E-state index contributed by atoms with van der Waals surface area (Å²) in [6.45, 7) is 2.95. The first-order valence-electron chi connectivity index (χ1n) is 7.63. The van der Waals surface area contributed by atoms with Crippen LogP contribution in [-0.4, -0.2) is 26.0 Å². The van der Waals surface area contributed by atoms with Gasteiger partial charge in [0.25, 0.3) is 0 Å². The summed E-state index contributed by atoms with van der Waals surface area (Å²) < 4.78 is 2.12. The maximum atomic E-state index is 4.61. The molecule has 2 aromatic heterocycles. The van der Waals surface area contributed by atoms with E-state index < -0.39 is 0 Å². The molecule has 3 aromatic rings. The van der Waals surface area contributed by atoms with E-state index in [0.29, 0.717) is 0 Å². The van der Waals surface area contributed by atoms with Crippen molar-refractivity contribution >= 4 is 0 Å². The minimum atomic E-state index is 0.907. The fourth-order valence-electron chi connectivity index (χ4n) is 3.03. The first-order valence-corrected chi connectivity index (χ1v) is 7.63. The summed E-state index contributed by atoms with van der Waals surface area (Å²) in [5, 5.41) is 0. The van der Waals surface area contributed by atoms with Crippen LogP contribution in [-0.2, 0) is 19.5 Å². The van der Waals surface area contributed by atoms with Gasteiger partial charge in [0, 0.05) is 37.9 Å². The van der Waals surface area contributed by atoms with Crippen molar-refractivity contribution in [2.75, 3.05) is 6.54 Å². The number of aromatic nitrogens is 3. The Kier molecular flexibility index (Phi) is 3.45. The maximum absolute atomic E-state index is 4.61. The van der Waals surface area contributed by atoms with Gasteiger partial charge >= 0.3 is 0 Å². The van der Waals surface area contributed by atoms with Crippen LogP contribution in [0.5, 0.6) is 0 Å². The van der Waals surface area contributed by atoms with E-state index in [1.54, 1.807) is 0 Å². The number of hydrogen-bond acceptors (Lipinski definition) is 3. The number of rotatable bonds is 3. The predicted octanol–water partition coefficient (Wildman–Crippen LogP) is 2.83. The van der Waals surface area contributed by atoms with Gasteiger partial charge in [0.1, 0.15) is 12.1 Å². The second-order valence-corrected chi connectivity index (χ2v) is 5.64. The number of fused-ring (bicyclic) bond motifs is 1. The Hall–Kier alpha value is -2.46. The summed E-state index contributed by atoms with van der Waals surface area (Å²) in [4.78, 5) is 11.5. The van der Waals surface area contributed by atoms with Crippen LogP contribution >= 0.6 is 0 Å². The molecular weight excluding hydrogens is 272 g/mol. The van der Waals surface area contributed by atoms with E-state index in [9.17, 15) is 0 Å². The van der Waals surface area contributed by atoms with E-state index in [2.05, 4.69) is 49.8 Å². The first kappa shape index (κ1) is 13.2. The van der Waals surface area contributed by atoms with Crippen molar-refractivity contribution in [3.8, 4) is 5.82 Å².